The Labute approximate surface area is 130 Å². The lowest BCUT2D eigenvalue weighted by Crippen LogP contribution is -1.95. The average molecular weight is 319 g/mol. The predicted molar refractivity (Wildman–Crippen MR) is 85.4 cm³/mol. The molecule has 0 unspecified atom stereocenters. The second-order valence-corrected chi connectivity index (χ2v) is 6.17. The summed E-state index contributed by atoms with van der Waals surface area (Å²) in [5.41, 5.74) is 3.19. The van der Waals surface area contributed by atoms with Gasteiger partial charge in [0.25, 0.3) is 0 Å². The molecule has 106 valence electrons. The number of fused-ring (bicyclic) bond motifs is 2. The fraction of sp³-hybridized carbons (Fsp3) is 0.0625. The van der Waals surface area contributed by atoms with E-state index in [1.165, 1.54) is 17.4 Å². The fourth-order valence-electron chi connectivity index (χ4n) is 2.39. The lowest BCUT2D eigenvalue weighted by molar-refractivity contribution is -0.131. The Morgan fingerprint density at radius 2 is 2.10 bits per heavy atom. The van der Waals surface area contributed by atoms with Crippen molar-refractivity contribution in [3.05, 3.63) is 62.3 Å². The Hall–Kier alpha value is -2.04. The van der Waals surface area contributed by atoms with Crippen molar-refractivity contribution in [2.75, 3.05) is 7.11 Å². The first kappa shape index (κ1) is 13.9. The van der Waals surface area contributed by atoms with Gasteiger partial charge in [-0.3, -0.25) is 0 Å². The van der Waals surface area contributed by atoms with E-state index in [0.29, 0.717) is 15.7 Å². The van der Waals surface area contributed by atoms with Crippen molar-refractivity contribution in [2.45, 2.75) is 0 Å². The monoisotopic (exact) mass is 318 g/mol. The van der Waals surface area contributed by atoms with Gasteiger partial charge in [0.05, 0.1) is 16.3 Å². The van der Waals surface area contributed by atoms with E-state index in [-0.39, 0.29) is 0 Å². The van der Waals surface area contributed by atoms with Crippen LogP contribution in [0.4, 0.5) is 0 Å². The van der Waals surface area contributed by atoms with Gasteiger partial charge in [-0.25, -0.2) is 4.79 Å². The molecule has 1 N–H and O–H groups in total. The van der Waals surface area contributed by atoms with Crippen LogP contribution in [0.3, 0.4) is 0 Å². The first-order chi connectivity index (χ1) is 10.1. The molecule has 1 heterocycles. The molecule has 0 radical (unpaired) electrons. The number of thiophene rings is 1. The molecule has 0 fully saturated rings. The van der Waals surface area contributed by atoms with E-state index in [9.17, 15) is 9.90 Å². The van der Waals surface area contributed by atoms with Gasteiger partial charge >= 0.3 is 5.97 Å². The summed E-state index contributed by atoms with van der Waals surface area (Å²) >= 11 is 7.49. The van der Waals surface area contributed by atoms with E-state index < -0.39 is 5.97 Å². The van der Waals surface area contributed by atoms with Gasteiger partial charge < -0.3 is 9.84 Å². The normalized spacial score (nSPS) is 15.0. The van der Waals surface area contributed by atoms with Crippen LogP contribution in [0.25, 0.3) is 17.4 Å². The van der Waals surface area contributed by atoms with Crippen LogP contribution in [0.2, 0.25) is 4.34 Å². The highest BCUT2D eigenvalue weighted by Gasteiger charge is 2.23. The largest absolute Gasteiger partial charge is 0.495 e. The maximum atomic E-state index is 11.2. The van der Waals surface area contributed by atoms with Crippen molar-refractivity contribution >= 4 is 46.3 Å². The van der Waals surface area contributed by atoms with Gasteiger partial charge in [0.2, 0.25) is 0 Å². The van der Waals surface area contributed by atoms with E-state index in [2.05, 4.69) is 0 Å². The third-order valence-electron chi connectivity index (χ3n) is 3.24. The van der Waals surface area contributed by atoms with Gasteiger partial charge in [0.15, 0.2) is 0 Å². The Balaban J connectivity index is 2.37. The molecular formula is C16H11ClO3S. The summed E-state index contributed by atoms with van der Waals surface area (Å²) in [6.07, 6.45) is 3.12. The molecule has 5 heteroatoms. The summed E-state index contributed by atoms with van der Waals surface area (Å²) in [6.45, 7) is 0. The van der Waals surface area contributed by atoms with Crippen LogP contribution in [0, 0.1) is 0 Å². The van der Waals surface area contributed by atoms with Crippen LogP contribution in [-0.4, -0.2) is 18.2 Å². The van der Waals surface area contributed by atoms with E-state index in [4.69, 9.17) is 16.3 Å². The standard InChI is InChI=1S/C16H11ClO3S/c1-20-13-6-9-4-2-3-5-10(9)11(8-15(18)19)12-7-14(17)21-16(12)13/h2-8H,1H3,(H,18,19). The Morgan fingerprint density at radius 1 is 1.33 bits per heavy atom. The molecule has 21 heavy (non-hydrogen) atoms. The van der Waals surface area contributed by atoms with E-state index >= 15 is 0 Å². The molecule has 3 rings (SSSR count). The number of benzene rings is 1. The summed E-state index contributed by atoms with van der Waals surface area (Å²) in [5.74, 6) is -0.308. The number of rotatable bonds is 2. The van der Waals surface area contributed by atoms with Gasteiger partial charge in [0, 0.05) is 11.6 Å². The number of methoxy groups -OCH3 is 1. The second-order valence-electron chi connectivity index (χ2n) is 4.49. The zero-order valence-electron chi connectivity index (χ0n) is 11.1. The minimum atomic E-state index is -0.992. The quantitative estimate of drug-likeness (QED) is 0.836. The van der Waals surface area contributed by atoms with E-state index in [1.54, 1.807) is 13.2 Å². The molecule has 1 aromatic heterocycles. The third kappa shape index (κ3) is 2.48. The summed E-state index contributed by atoms with van der Waals surface area (Å²) in [6, 6.07) is 9.41. The van der Waals surface area contributed by atoms with Gasteiger partial charge in [-0.15, -0.1) is 11.3 Å². The molecule has 0 spiro atoms. The van der Waals surface area contributed by atoms with Gasteiger partial charge in [-0.05, 0) is 28.8 Å². The first-order valence-electron chi connectivity index (χ1n) is 6.20. The van der Waals surface area contributed by atoms with Crippen molar-refractivity contribution < 1.29 is 14.6 Å². The van der Waals surface area contributed by atoms with E-state index in [1.807, 2.05) is 30.3 Å². The Bertz CT molecular complexity index is 787. The molecule has 1 aromatic carbocycles. The fourth-order valence-corrected chi connectivity index (χ4v) is 3.63. The first-order valence-corrected chi connectivity index (χ1v) is 7.39. The SMILES string of the molecule is COC1=Cc2ccccc2C(=CC(=O)O)c2cc(Cl)sc21. The third-order valence-corrected chi connectivity index (χ3v) is 4.52. The summed E-state index contributed by atoms with van der Waals surface area (Å²) in [7, 11) is 1.59. The topological polar surface area (TPSA) is 46.5 Å². The molecule has 3 nitrogen and oxygen atoms in total. The maximum Gasteiger partial charge on any atom is 0.328 e. The molecule has 2 aromatic rings. The number of carboxylic acid groups (broad SMARTS) is 1. The maximum absolute atomic E-state index is 11.2. The van der Waals surface area contributed by atoms with E-state index in [0.717, 1.165) is 21.6 Å². The van der Waals surface area contributed by atoms with Crippen molar-refractivity contribution in [2.24, 2.45) is 0 Å². The molecule has 0 aliphatic heterocycles. The number of hydrogen-bond donors (Lipinski definition) is 1. The van der Waals surface area contributed by atoms with Crippen LogP contribution in [0.1, 0.15) is 21.6 Å². The summed E-state index contributed by atoms with van der Waals surface area (Å²) in [5, 5.41) is 9.18. The number of hydrogen-bond acceptors (Lipinski definition) is 3. The molecule has 0 atom stereocenters. The van der Waals surface area contributed by atoms with Crippen molar-refractivity contribution in [1.29, 1.82) is 0 Å². The van der Waals surface area contributed by atoms with Crippen LogP contribution in [-0.2, 0) is 9.53 Å². The number of carbonyl (C=O) groups is 1. The predicted octanol–water partition coefficient (Wildman–Crippen LogP) is 4.38. The van der Waals surface area contributed by atoms with Gasteiger partial charge in [-0.1, -0.05) is 35.9 Å². The smallest absolute Gasteiger partial charge is 0.328 e. The van der Waals surface area contributed by atoms with Crippen LogP contribution in [0.15, 0.2) is 36.4 Å². The second kappa shape index (κ2) is 5.39. The lowest BCUT2D eigenvalue weighted by Gasteiger charge is -2.08. The lowest BCUT2D eigenvalue weighted by atomic mass is 9.96. The number of carboxylic acids is 1. The summed E-state index contributed by atoms with van der Waals surface area (Å²) in [4.78, 5) is 12.0. The van der Waals surface area contributed by atoms with Crippen molar-refractivity contribution in [3.63, 3.8) is 0 Å². The molecule has 0 bridgehead atoms. The van der Waals surface area contributed by atoms with Crippen LogP contribution < -0.4 is 0 Å². The minimum Gasteiger partial charge on any atom is -0.495 e. The van der Waals surface area contributed by atoms with Gasteiger partial charge in [0.1, 0.15) is 5.76 Å². The molecule has 1 aliphatic rings. The molecule has 1 aliphatic carbocycles. The van der Waals surface area contributed by atoms with Gasteiger partial charge in [-0.2, -0.15) is 0 Å². The highest BCUT2D eigenvalue weighted by Crippen LogP contribution is 2.43. The zero-order valence-corrected chi connectivity index (χ0v) is 12.7. The zero-order chi connectivity index (χ0) is 15.0. The molecular weight excluding hydrogens is 308 g/mol. The molecule has 0 saturated carbocycles. The number of halogens is 1. The van der Waals surface area contributed by atoms with Crippen LogP contribution >= 0.6 is 22.9 Å². The number of aliphatic carboxylic acids is 1. The Morgan fingerprint density at radius 3 is 2.81 bits per heavy atom. The highest BCUT2D eigenvalue weighted by molar-refractivity contribution is 7.17. The Kier molecular flexibility index (Phi) is 3.57. The summed E-state index contributed by atoms with van der Waals surface area (Å²) < 4.78 is 6.06. The molecule has 0 saturated heterocycles. The molecule has 0 amide bonds. The average Bonchev–Trinajstić information content (AvgIpc) is 2.79. The van der Waals surface area contributed by atoms with Crippen molar-refractivity contribution in [1.82, 2.24) is 0 Å². The minimum absolute atomic E-state index is 0.596. The van der Waals surface area contributed by atoms with Crippen molar-refractivity contribution in [3.8, 4) is 0 Å². The van der Waals surface area contributed by atoms with Crippen LogP contribution in [0.5, 0.6) is 0 Å². The number of ether oxygens (including phenoxy) is 1. The highest BCUT2D eigenvalue weighted by atomic mass is 35.5.